The maximum Gasteiger partial charge on any atom is 0.328 e. The quantitative estimate of drug-likeness (QED) is 0.686. The van der Waals surface area contributed by atoms with Crippen molar-refractivity contribution in [3.63, 3.8) is 0 Å². The van der Waals surface area contributed by atoms with Crippen LogP contribution in [-0.2, 0) is 16.1 Å². The molecular formula is C10H11N3O4S. The van der Waals surface area contributed by atoms with Gasteiger partial charge in [0, 0.05) is 17.5 Å². The summed E-state index contributed by atoms with van der Waals surface area (Å²) in [5, 5.41) is 15.3. The number of urea groups is 1. The van der Waals surface area contributed by atoms with Crippen molar-refractivity contribution < 1.29 is 19.5 Å². The second kappa shape index (κ2) is 6.50. The monoisotopic (exact) mass is 269 g/mol. The van der Waals surface area contributed by atoms with Crippen LogP contribution >= 0.6 is 11.3 Å². The minimum Gasteiger partial charge on any atom is -0.478 e. The van der Waals surface area contributed by atoms with Crippen LogP contribution in [0.4, 0.5) is 4.79 Å². The molecule has 1 heterocycles. The topological polar surface area (TPSA) is 108 Å². The lowest BCUT2D eigenvalue weighted by molar-refractivity contribution is -0.131. The van der Waals surface area contributed by atoms with Crippen LogP contribution in [0.25, 0.3) is 0 Å². The number of thiazole rings is 1. The number of amides is 3. The van der Waals surface area contributed by atoms with E-state index in [9.17, 15) is 14.4 Å². The Labute approximate surface area is 107 Å². The van der Waals surface area contributed by atoms with Crippen molar-refractivity contribution in [3.8, 4) is 0 Å². The molecule has 0 atom stereocenters. The van der Waals surface area contributed by atoms with Crippen LogP contribution < -0.4 is 10.6 Å². The molecule has 0 saturated carbocycles. The third kappa shape index (κ3) is 5.21. The van der Waals surface area contributed by atoms with E-state index in [4.69, 9.17) is 5.11 Å². The Kier molecular flexibility index (Phi) is 5.00. The SMILES string of the molecule is Cc1nc(CNC(=O)NC(=O)C=CC(=O)O)cs1. The Morgan fingerprint density at radius 3 is 2.72 bits per heavy atom. The van der Waals surface area contributed by atoms with Gasteiger partial charge >= 0.3 is 12.0 Å². The van der Waals surface area contributed by atoms with Crippen LogP contribution in [-0.4, -0.2) is 28.0 Å². The number of hydrogen-bond acceptors (Lipinski definition) is 5. The van der Waals surface area contributed by atoms with Gasteiger partial charge in [0.05, 0.1) is 17.2 Å². The van der Waals surface area contributed by atoms with E-state index in [1.807, 2.05) is 12.2 Å². The summed E-state index contributed by atoms with van der Waals surface area (Å²) < 4.78 is 0. The summed E-state index contributed by atoms with van der Waals surface area (Å²) >= 11 is 1.46. The standard InChI is InChI=1S/C10H11N3O4S/c1-6-12-7(5-18-6)4-11-10(17)13-8(14)2-3-9(15)16/h2-3,5H,4H2,1H3,(H,15,16)(H2,11,13,14,17). The lowest BCUT2D eigenvalue weighted by Gasteiger charge is -2.02. The summed E-state index contributed by atoms with van der Waals surface area (Å²) in [5.74, 6) is -2.06. The Morgan fingerprint density at radius 1 is 1.44 bits per heavy atom. The molecule has 96 valence electrons. The first-order valence-corrected chi connectivity index (χ1v) is 5.76. The predicted octanol–water partition coefficient (Wildman–Crippen LogP) is 0.418. The number of nitrogens with zero attached hydrogens (tertiary/aromatic N) is 1. The summed E-state index contributed by atoms with van der Waals surface area (Å²) in [4.78, 5) is 36.5. The van der Waals surface area contributed by atoms with Crippen molar-refractivity contribution in [2.45, 2.75) is 13.5 Å². The van der Waals surface area contributed by atoms with Gasteiger partial charge in [-0.3, -0.25) is 10.1 Å². The molecule has 3 amide bonds. The average molecular weight is 269 g/mol. The highest BCUT2D eigenvalue weighted by atomic mass is 32.1. The van der Waals surface area contributed by atoms with Gasteiger partial charge in [0.25, 0.3) is 5.91 Å². The fourth-order valence-electron chi connectivity index (χ4n) is 1.01. The normalized spacial score (nSPS) is 10.3. The van der Waals surface area contributed by atoms with Crippen molar-refractivity contribution in [3.05, 3.63) is 28.2 Å². The minimum absolute atomic E-state index is 0.200. The lowest BCUT2D eigenvalue weighted by atomic mass is 10.4. The number of rotatable bonds is 4. The molecule has 7 nitrogen and oxygen atoms in total. The first-order chi connectivity index (χ1) is 8.47. The van der Waals surface area contributed by atoms with Gasteiger partial charge in [-0.1, -0.05) is 0 Å². The van der Waals surface area contributed by atoms with Crippen LogP contribution in [0.5, 0.6) is 0 Å². The number of carbonyl (C=O) groups excluding carboxylic acids is 2. The number of nitrogens with one attached hydrogen (secondary N) is 2. The Bertz CT molecular complexity index is 495. The van der Waals surface area contributed by atoms with Gasteiger partial charge in [0.15, 0.2) is 0 Å². The smallest absolute Gasteiger partial charge is 0.328 e. The number of aliphatic carboxylic acids is 1. The Balaban J connectivity index is 2.33. The zero-order valence-corrected chi connectivity index (χ0v) is 10.3. The summed E-state index contributed by atoms with van der Waals surface area (Å²) in [6.45, 7) is 2.04. The van der Waals surface area contributed by atoms with Crippen LogP contribution in [0, 0.1) is 6.92 Å². The Hall–Kier alpha value is -2.22. The first kappa shape index (κ1) is 13.8. The van der Waals surface area contributed by atoms with E-state index >= 15 is 0 Å². The number of aromatic nitrogens is 1. The molecular weight excluding hydrogens is 258 g/mol. The third-order valence-corrected chi connectivity index (χ3v) is 2.53. The molecule has 0 aliphatic heterocycles. The maximum absolute atomic E-state index is 11.2. The van der Waals surface area contributed by atoms with Crippen LogP contribution in [0.15, 0.2) is 17.5 Å². The molecule has 0 saturated heterocycles. The van der Waals surface area contributed by atoms with E-state index < -0.39 is 17.9 Å². The molecule has 1 aromatic rings. The first-order valence-electron chi connectivity index (χ1n) is 4.88. The number of carboxylic acids is 1. The number of imide groups is 1. The summed E-state index contributed by atoms with van der Waals surface area (Å²) in [6.07, 6.45) is 1.40. The number of carboxylic acid groups (broad SMARTS) is 1. The van der Waals surface area contributed by atoms with E-state index in [0.717, 1.165) is 11.1 Å². The molecule has 0 aliphatic carbocycles. The highest BCUT2D eigenvalue weighted by Crippen LogP contribution is 2.06. The van der Waals surface area contributed by atoms with Gasteiger partial charge in [-0.25, -0.2) is 14.6 Å². The number of hydrogen-bond donors (Lipinski definition) is 3. The molecule has 3 N–H and O–H groups in total. The summed E-state index contributed by atoms with van der Waals surface area (Å²) in [6, 6.07) is -0.708. The van der Waals surface area contributed by atoms with Crippen molar-refractivity contribution in [1.29, 1.82) is 0 Å². The maximum atomic E-state index is 11.2. The number of aryl methyl sites for hydroxylation is 1. The minimum atomic E-state index is -1.26. The third-order valence-electron chi connectivity index (χ3n) is 1.71. The largest absolute Gasteiger partial charge is 0.478 e. The highest BCUT2D eigenvalue weighted by molar-refractivity contribution is 7.09. The zero-order chi connectivity index (χ0) is 13.5. The van der Waals surface area contributed by atoms with Crippen molar-refractivity contribution >= 4 is 29.2 Å². The molecule has 8 heteroatoms. The second-order valence-electron chi connectivity index (χ2n) is 3.20. The van der Waals surface area contributed by atoms with E-state index in [0.29, 0.717) is 11.8 Å². The molecule has 0 spiro atoms. The predicted molar refractivity (Wildman–Crippen MR) is 64.0 cm³/mol. The van der Waals surface area contributed by atoms with E-state index in [2.05, 4.69) is 10.3 Å². The Morgan fingerprint density at radius 2 is 2.17 bits per heavy atom. The van der Waals surface area contributed by atoms with Gasteiger partial charge in [-0.15, -0.1) is 11.3 Å². The molecule has 0 fully saturated rings. The van der Waals surface area contributed by atoms with Crippen molar-refractivity contribution in [2.75, 3.05) is 0 Å². The fraction of sp³-hybridized carbons (Fsp3) is 0.200. The van der Waals surface area contributed by atoms with Gasteiger partial charge < -0.3 is 10.4 Å². The average Bonchev–Trinajstić information content (AvgIpc) is 2.70. The van der Waals surface area contributed by atoms with E-state index in [-0.39, 0.29) is 6.54 Å². The molecule has 18 heavy (non-hydrogen) atoms. The molecule has 1 rings (SSSR count). The number of carbonyl (C=O) groups is 3. The van der Waals surface area contributed by atoms with E-state index in [1.54, 1.807) is 5.38 Å². The molecule has 0 aromatic carbocycles. The lowest BCUT2D eigenvalue weighted by Crippen LogP contribution is -2.38. The van der Waals surface area contributed by atoms with Crippen molar-refractivity contribution in [2.24, 2.45) is 0 Å². The second-order valence-corrected chi connectivity index (χ2v) is 4.26. The zero-order valence-electron chi connectivity index (χ0n) is 9.47. The summed E-state index contributed by atoms with van der Waals surface area (Å²) in [7, 11) is 0. The van der Waals surface area contributed by atoms with Crippen molar-refractivity contribution in [1.82, 2.24) is 15.6 Å². The highest BCUT2D eigenvalue weighted by Gasteiger charge is 2.05. The molecule has 0 radical (unpaired) electrons. The van der Waals surface area contributed by atoms with Crippen LogP contribution in [0.2, 0.25) is 0 Å². The van der Waals surface area contributed by atoms with Crippen LogP contribution in [0.1, 0.15) is 10.7 Å². The molecule has 0 aliphatic rings. The molecule has 0 bridgehead atoms. The van der Waals surface area contributed by atoms with Gasteiger partial charge in [0.1, 0.15) is 0 Å². The summed E-state index contributed by atoms with van der Waals surface area (Å²) in [5.41, 5.74) is 0.696. The fourth-order valence-corrected chi connectivity index (χ4v) is 1.62. The van der Waals surface area contributed by atoms with Crippen LogP contribution in [0.3, 0.4) is 0 Å². The molecule has 1 aromatic heterocycles. The van der Waals surface area contributed by atoms with Gasteiger partial charge in [-0.2, -0.15) is 0 Å². The van der Waals surface area contributed by atoms with Gasteiger partial charge in [-0.05, 0) is 6.92 Å². The van der Waals surface area contributed by atoms with Gasteiger partial charge in [0.2, 0.25) is 0 Å². The molecule has 0 unspecified atom stereocenters. The van der Waals surface area contributed by atoms with E-state index in [1.165, 1.54) is 11.3 Å².